The average molecular weight is 396 g/mol. The van der Waals surface area contributed by atoms with E-state index in [4.69, 9.17) is 4.74 Å². The summed E-state index contributed by atoms with van der Waals surface area (Å²) >= 11 is 0. The van der Waals surface area contributed by atoms with Crippen LogP contribution in [0.5, 0.6) is 5.75 Å². The van der Waals surface area contributed by atoms with Gasteiger partial charge in [0.2, 0.25) is 5.91 Å². The molecule has 0 saturated heterocycles. The Labute approximate surface area is 159 Å². The molecule has 0 aliphatic carbocycles. The highest BCUT2D eigenvalue weighted by Crippen LogP contribution is 2.26. The predicted octanol–water partition coefficient (Wildman–Crippen LogP) is 3.77. The molecular weight excluding hydrogens is 377 g/mol. The number of nitrogens with one attached hydrogen (secondary N) is 2. The maximum absolute atomic E-state index is 12.3. The lowest BCUT2D eigenvalue weighted by Gasteiger charge is -2.15. The molecule has 150 valence electrons. The summed E-state index contributed by atoms with van der Waals surface area (Å²) in [6, 6.07) is 10.7. The Bertz CT molecular complexity index is 853. The van der Waals surface area contributed by atoms with E-state index < -0.39 is 24.7 Å². The van der Waals surface area contributed by atoms with Crippen molar-refractivity contribution in [2.24, 2.45) is 0 Å². The van der Waals surface area contributed by atoms with Crippen molar-refractivity contribution in [3.8, 4) is 5.75 Å². The fourth-order valence-electron chi connectivity index (χ4n) is 2.27. The standard InChI is InChI=1S/C19H19F3N2O4/c1-12-7-8-13(18(26)27-2)9-15(12)24-17(25)10-23-14-5-3-4-6-16(14)28-11-19(20,21)22/h3-9,23H,10-11H2,1-2H3,(H,24,25). The Morgan fingerprint density at radius 1 is 1.07 bits per heavy atom. The maximum atomic E-state index is 12.3. The monoisotopic (exact) mass is 396 g/mol. The highest BCUT2D eigenvalue weighted by molar-refractivity contribution is 5.97. The Hall–Kier alpha value is -3.23. The van der Waals surface area contributed by atoms with E-state index >= 15 is 0 Å². The molecule has 0 aromatic heterocycles. The van der Waals surface area contributed by atoms with Gasteiger partial charge in [-0.2, -0.15) is 13.2 Å². The van der Waals surface area contributed by atoms with Crippen LogP contribution in [0.15, 0.2) is 42.5 Å². The van der Waals surface area contributed by atoms with Crippen LogP contribution in [0.25, 0.3) is 0 Å². The third-order valence-corrected chi connectivity index (χ3v) is 3.65. The minimum atomic E-state index is -4.47. The highest BCUT2D eigenvalue weighted by Gasteiger charge is 2.28. The number of methoxy groups -OCH3 is 1. The van der Waals surface area contributed by atoms with Crippen LogP contribution in [0.4, 0.5) is 24.5 Å². The van der Waals surface area contributed by atoms with Crippen LogP contribution in [-0.2, 0) is 9.53 Å². The van der Waals surface area contributed by atoms with E-state index in [0.717, 1.165) is 5.56 Å². The van der Waals surface area contributed by atoms with Crippen molar-refractivity contribution in [1.82, 2.24) is 0 Å². The first-order valence-electron chi connectivity index (χ1n) is 8.21. The number of rotatable bonds is 7. The van der Waals surface area contributed by atoms with E-state index in [1.807, 2.05) is 0 Å². The van der Waals surface area contributed by atoms with Crippen LogP contribution in [-0.4, -0.2) is 38.3 Å². The lowest BCUT2D eigenvalue weighted by molar-refractivity contribution is -0.153. The van der Waals surface area contributed by atoms with E-state index in [0.29, 0.717) is 5.69 Å². The van der Waals surface area contributed by atoms with Gasteiger partial charge >= 0.3 is 12.1 Å². The second kappa shape index (κ2) is 9.12. The quantitative estimate of drug-likeness (QED) is 0.697. The lowest BCUT2D eigenvalue weighted by atomic mass is 10.1. The topological polar surface area (TPSA) is 76.7 Å². The van der Waals surface area contributed by atoms with Gasteiger partial charge in [0.1, 0.15) is 5.75 Å². The Balaban J connectivity index is 2.01. The van der Waals surface area contributed by atoms with Gasteiger partial charge in [-0.1, -0.05) is 18.2 Å². The van der Waals surface area contributed by atoms with Crippen molar-refractivity contribution < 1.29 is 32.2 Å². The summed E-state index contributed by atoms with van der Waals surface area (Å²) in [5.74, 6) is -1.00. The molecule has 0 aliphatic rings. The summed E-state index contributed by atoms with van der Waals surface area (Å²) in [7, 11) is 1.25. The van der Waals surface area contributed by atoms with Crippen molar-refractivity contribution in [1.29, 1.82) is 0 Å². The number of carbonyl (C=O) groups excluding carboxylic acids is 2. The van der Waals surface area contributed by atoms with Crippen LogP contribution >= 0.6 is 0 Å². The Morgan fingerprint density at radius 3 is 2.46 bits per heavy atom. The Kier molecular flexibility index (Phi) is 6.86. The molecule has 0 aliphatic heterocycles. The zero-order chi connectivity index (χ0) is 20.7. The number of amides is 1. The van der Waals surface area contributed by atoms with Gasteiger partial charge < -0.3 is 20.1 Å². The zero-order valence-corrected chi connectivity index (χ0v) is 15.2. The summed E-state index contributed by atoms with van der Waals surface area (Å²) < 4.78 is 46.4. The molecule has 2 rings (SSSR count). The first-order valence-corrected chi connectivity index (χ1v) is 8.21. The summed E-state index contributed by atoms with van der Waals surface area (Å²) in [5, 5.41) is 5.39. The third-order valence-electron chi connectivity index (χ3n) is 3.65. The second-order valence-electron chi connectivity index (χ2n) is 5.82. The largest absolute Gasteiger partial charge is 0.482 e. The third kappa shape index (κ3) is 6.19. The number of halogens is 3. The van der Waals surface area contributed by atoms with Gasteiger partial charge in [-0.15, -0.1) is 0 Å². The summed E-state index contributed by atoms with van der Waals surface area (Å²) in [4.78, 5) is 23.8. The molecule has 2 aromatic rings. The lowest BCUT2D eigenvalue weighted by Crippen LogP contribution is -2.23. The van der Waals surface area contributed by atoms with Crippen LogP contribution in [0, 0.1) is 6.92 Å². The molecule has 2 N–H and O–H groups in total. The molecular formula is C19H19F3N2O4. The van der Waals surface area contributed by atoms with Crippen molar-refractivity contribution in [2.45, 2.75) is 13.1 Å². The first-order chi connectivity index (χ1) is 13.2. The molecule has 2 aromatic carbocycles. The van der Waals surface area contributed by atoms with Gasteiger partial charge in [0.05, 0.1) is 24.9 Å². The molecule has 0 fully saturated rings. The van der Waals surface area contributed by atoms with E-state index in [1.165, 1.54) is 31.4 Å². The molecule has 0 saturated carbocycles. The number of ether oxygens (including phenoxy) is 2. The number of hydrogen-bond acceptors (Lipinski definition) is 5. The van der Waals surface area contributed by atoms with Crippen molar-refractivity contribution in [3.05, 3.63) is 53.6 Å². The van der Waals surface area contributed by atoms with Crippen LogP contribution in [0.3, 0.4) is 0 Å². The summed E-state index contributed by atoms with van der Waals surface area (Å²) in [5.41, 5.74) is 1.69. The molecule has 1 amide bonds. The first kappa shape index (κ1) is 21.1. The number of aryl methyl sites for hydroxylation is 1. The molecule has 0 unspecified atom stereocenters. The average Bonchev–Trinajstić information content (AvgIpc) is 2.65. The van der Waals surface area contributed by atoms with Crippen molar-refractivity contribution in [2.75, 3.05) is 30.9 Å². The smallest absolute Gasteiger partial charge is 0.422 e. The SMILES string of the molecule is COC(=O)c1ccc(C)c(NC(=O)CNc2ccccc2OCC(F)(F)F)c1. The van der Waals surface area contributed by atoms with Gasteiger partial charge in [-0.05, 0) is 36.8 Å². The molecule has 0 spiro atoms. The van der Waals surface area contributed by atoms with Gasteiger partial charge in [-0.25, -0.2) is 4.79 Å². The zero-order valence-electron chi connectivity index (χ0n) is 15.2. The summed E-state index contributed by atoms with van der Waals surface area (Å²) in [6.07, 6.45) is -4.47. The molecule has 0 heterocycles. The normalized spacial score (nSPS) is 10.9. The number of para-hydroxylation sites is 2. The number of esters is 1. The number of benzene rings is 2. The molecule has 0 radical (unpaired) electrons. The van der Waals surface area contributed by atoms with Gasteiger partial charge in [0, 0.05) is 5.69 Å². The van der Waals surface area contributed by atoms with Crippen LogP contribution in [0.1, 0.15) is 15.9 Å². The highest BCUT2D eigenvalue weighted by atomic mass is 19.4. The Morgan fingerprint density at radius 2 is 1.79 bits per heavy atom. The molecule has 0 atom stereocenters. The van der Waals surface area contributed by atoms with Gasteiger partial charge in [0.25, 0.3) is 0 Å². The molecule has 0 bridgehead atoms. The van der Waals surface area contributed by atoms with Crippen molar-refractivity contribution in [3.63, 3.8) is 0 Å². The van der Waals surface area contributed by atoms with E-state index in [9.17, 15) is 22.8 Å². The molecule has 9 heteroatoms. The maximum Gasteiger partial charge on any atom is 0.422 e. The number of carbonyl (C=O) groups is 2. The van der Waals surface area contributed by atoms with Gasteiger partial charge in [-0.3, -0.25) is 4.79 Å². The summed E-state index contributed by atoms with van der Waals surface area (Å²) in [6.45, 7) is 0.107. The van der Waals surface area contributed by atoms with E-state index in [-0.39, 0.29) is 23.5 Å². The fraction of sp³-hybridized carbons (Fsp3) is 0.263. The van der Waals surface area contributed by atoms with Gasteiger partial charge in [0.15, 0.2) is 6.61 Å². The number of hydrogen-bond donors (Lipinski definition) is 2. The number of alkyl halides is 3. The predicted molar refractivity (Wildman–Crippen MR) is 97.6 cm³/mol. The second-order valence-corrected chi connectivity index (χ2v) is 5.82. The minimum Gasteiger partial charge on any atom is -0.482 e. The van der Waals surface area contributed by atoms with E-state index in [1.54, 1.807) is 25.1 Å². The van der Waals surface area contributed by atoms with Crippen LogP contribution < -0.4 is 15.4 Å². The van der Waals surface area contributed by atoms with E-state index in [2.05, 4.69) is 15.4 Å². The minimum absolute atomic E-state index is 0.0171. The molecule has 6 nitrogen and oxygen atoms in total. The fourth-order valence-corrected chi connectivity index (χ4v) is 2.27. The molecule has 28 heavy (non-hydrogen) atoms. The number of anilines is 2. The van der Waals surface area contributed by atoms with Crippen molar-refractivity contribution >= 4 is 23.3 Å². The van der Waals surface area contributed by atoms with Crippen LogP contribution in [0.2, 0.25) is 0 Å².